The number of rotatable bonds is 16. The summed E-state index contributed by atoms with van der Waals surface area (Å²) in [5.74, 6) is 0.884. The molecule has 0 saturated carbocycles. The standard InChI is InChI=1S/C28H32N4O7/c1-20(33)31-23-4-6-24(7-5-23)38-17-16-37-15-14-36-13-12-35-11-10-29-27-9-3-22(19-30-27)21-2-8-25-26(18-21)39-28(34)32-25/h2-9,18-19H,10-17H2,1H3,(H,29,30)(H,31,33)(H,32,34). The van der Waals surface area contributed by atoms with E-state index in [9.17, 15) is 9.59 Å². The molecule has 0 saturated heterocycles. The fourth-order valence-corrected chi connectivity index (χ4v) is 3.64. The molecule has 206 valence electrons. The fraction of sp³-hybridized carbons (Fsp3) is 0.321. The summed E-state index contributed by atoms with van der Waals surface area (Å²) in [6, 6.07) is 16.5. The first kappa shape index (κ1) is 27.8. The number of H-pyrrole nitrogens is 1. The lowest BCUT2D eigenvalue weighted by Gasteiger charge is -2.09. The number of aromatic amines is 1. The monoisotopic (exact) mass is 536 g/mol. The molecule has 1 amide bonds. The number of carbonyl (C=O) groups excluding carboxylic acids is 1. The Morgan fingerprint density at radius 2 is 1.56 bits per heavy atom. The summed E-state index contributed by atoms with van der Waals surface area (Å²) in [6.45, 7) is 5.41. The van der Waals surface area contributed by atoms with Crippen molar-refractivity contribution in [1.29, 1.82) is 0 Å². The zero-order valence-electron chi connectivity index (χ0n) is 21.7. The van der Waals surface area contributed by atoms with Crippen LogP contribution in [-0.4, -0.2) is 68.7 Å². The van der Waals surface area contributed by atoms with E-state index in [1.165, 1.54) is 6.92 Å². The van der Waals surface area contributed by atoms with Crippen molar-refractivity contribution >= 4 is 28.5 Å². The van der Waals surface area contributed by atoms with E-state index in [0.717, 1.165) is 22.6 Å². The molecule has 2 aromatic heterocycles. The molecule has 0 bridgehead atoms. The quantitative estimate of drug-likeness (QED) is 0.183. The molecule has 2 aromatic carbocycles. The number of hydrogen-bond donors (Lipinski definition) is 3. The summed E-state index contributed by atoms with van der Waals surface area (Å²) in [7, 11) is 0. The van der Waals surface area contributed by atoms with Crippen molar-refractivity contribution in [3.05, 3.63) is 71.3 Å². The van der Waals surface area contributed by atoms with Crippen LogP contribution in [0, 0.1) is 0 Å². The van der Waals surface area contributed by atoms with Crippen LogP contribution in [0.25, 0.3) is 22.2 Å². The van der Waals surface area contributed by atoms with Gasteiger partial charge in [-0.05, 0) is 54.1 Å². The van der Waals surface area contributed by atoms with Crippen LogP contribution in [0.3, 0.4) is 0 Å². The molecule has 0 atom stereocenters. The van der Waals surface area contributed by atoms with Crippen LogP contribution in [0.5, 0.6) is 5.75 Å². The second kappa shape index (κ2) is 14.7. The number of hydrogen-bond acceptors (Lipinski definition) is 9. The van der Waals surface area contributed by atoms with Crippen LogP contribution < -0.4 is 21.1 Å². The van der Waals surface area contributed by atoms with Crippen LogP contribution in [0.15, 0.2) is 70.0 Å². The molecule has 2 heterocycles. The van der Waals surface area contributed by atoms with Crippen molar-refractivity contribution in [1.82, 2.24) is 9.97 Å². The van der Waals surface area contributed by atoms with Crippen LogP contribution in [0.4, 0.5) is 11.5 Å². The van der Waals surface area contributed by atoms with Gasteiger partial charge in [-0.3, -0.25) is 9.78 Å². The second-order valence-corrected chi connectivity index (χ2v) is 8.48. The molecule has 4 aromatic rings. The zero-order chi connectivity index (χ0) is 27.3. The van der Waals surface area contributed by atoms with Gasteiger partial charge in [0, 0.05) is 30.9 Å². The van der Waals surface area contributed by atoms with E-state index in [0.29, 0.717) is 69.6 Å². The molecule has 0 aliphatic heterocycles. The Morgan fingerprint density at radius 1 is 0.872 bits per heavy atom. The molecule has 11 heteroatoms. The average molecular weight is 537 g/mol. The number of amides is 1. The first-order valence-electron chi connectivity index (χ1n) is 12.6. The molecule has 4 rings (SSSR count). The van der Waals surface area contributed by atoms with Gasteiger partial charge in [0.05, 0.1) is 45.2 Å². The van der Waals surface area contributed by atoms with Gasteiger partial charge in [-0.1, -0.05) is 6.07 Å². The summed E-state index contributed by atoms with van der Waals surface area (Å²) in [5, 5.41) is 5.93. The lowest BCUT2D eigenvalue weighted by molar-refractivity contribution is -0.114. The third-order valence-electron chi connectivity index (χ3n) is 5.49. The number of nitrogens with zero attached hydrogens (tertiary/aromatic N) is 1. The van der Waals surface area contributed by atoms with Gasteiger partial charge in [-0.15, -0.1) is 0 Å². The summed E-state index contributed by atoms with van der Waals surface area (Å²) in [6.07, 6.45) is 1.77. The maximum absolute atomic E-state index is 11.3. The number of oxazole rings is 1. The van der Waals surface area contributed by atoms with Crippen molar-refractivity contribution in [3.8, 4) is 16.9 Å². The number of anilines is 2. The zero-order valence-corrected chi connectivity index (χ0v) is 21.7. The van der Waals surface area contributed by atoms with E-state index in [4.69, 9.17) is 23.4 Å². The molecule has 39 heavy (non-hydrogen) atoms. The molecular weight excluding hydrogens is 504 g/mol. The number of carbonyl (C=O) groups is 1. The third kappa shape index (κ3) is 9.25. The smallest absolute Gasteiger partial charge is 0.417 e. The molecule has 0 aliphatic carbocycles. The number of ether oxygens (including phenoxy) is 4. The summed E-state index contributed by atoms with van der Waals surface area (Å²) in [5.41, 5.74) is 3.75. The van der Waals surface area contributed by atoms with E-state index < -0.39 is 5.76 Å². The first-order chi connectivity index (χ1) is 19.1. The topological polar surface area (TPSA) is 137 Å². The summed E-state index contributed by atoms with van der Waals surface area (Å²) < 4.78 is 27.3. The second-order valence-electron chi connectivity index (χ2n) is 8.48. The minimum atomic E-state index is -0.467. The largest absolute Gasteiger partial charge is 0.491 e. The molecule has 0 unspecified atom stereocenters. The first-order valence-corrected chi connectivity index (χ1v) is 12.6. The van der Waals surface area contributed by atoms with E-state index >= 15 is 0 Å². The van der Waals surface area contributed by atoms with Gasteiger partial charge in [0.25, 0.3) is 0 Å². The highest BCUT2D eigenvalue weighted by atomic mass is 16.6. The fourth-order valence-electron chi connectivity index (χ4n) is 3.64. The van der Waals surface area contributed by atoms with Crippen molar-refractivity contribution in [3.63, 3.8) is 0 Å². The van der Waals surface area contributed by atoms with Crippen LogP contribution >= 0.6 is 0 Å². The van der Waals surface area contributed by atoms with Crippen LogP contribution in [0.2, 0.25) is 0 Å². The molecule has 0 spiro atoms. The maximum atomic E-state index is 11.3. The van der Waals surface area contributed by atoms with Gasteiger partial charge in [-0.25, -0.2) is 9.78 Å². The predicted molar refractivity (Wildman–Crippen MR) is 147 cm³/mol. The number of pyridine rings is 1. The van der Waals surface area contributed by atoms with Crippen molar-refractivity contribution in [2.45, 2.75) is 6.92 Å². The Kier molecular flexibility index (Phi) is 10.5. The van der Waals surface area contributed by atoms with Crippen molar-refractivity contribution in [2.75, 3.05) is 63.4 Å². The van der Waals surface area contributed by atoms with Crippen LogP contribution in [0.1, 0.15) is 6.92 Å². The Hall–Kier alpha value is -4.19. The highest BCUT2D eigenvalue weighted by Gasteiger charge is 2.05. The van der Waals surface area contributed by atoms with Crippen molar-refractivity contribution < 1.29 is 28.2 Å². The molecule has 0 radical (unpaired) electrons. The highest BCUT2D eigenvalue weighted by Crippen LogP contribution is 2.23. The number of nitrogens with one attached hydrogen (secondary N) is 3. The van der Waals surface area contributed by atoms with E-state index in [1.807, 2.05) is 30.3 Å². The number of aromatic nitrogens is 2. The lowest BCUT2D eigenvalue weighted by atomic mass is 10.1. The SMILES string of the molecule is CC(=O)Nc1ccc(OCCOCCOCCOCCNc2ccc(-c3ccc4[nH]c(=O)oc4c3)cn2)cc1. The third-order valence-corrected chi connectivity index (χ3v) is 5.49. The normalized spacial score (nSPS) is 11.0. The number of fused-ring (bicyclic) bond motifs is 1. The van der Waals surface area contributed by atoms with E-state index in [1.54, 1.807) is 30.5 Å². The Balaban J connectivity index is 0.983. The minimum Gasteiger partial charge on any atom is -0.491 e. The van der Waals surface area contributed by atoms with E-state index in [2.05, 4.69) is 20.6 Å². The predicted octanol–water partition coefficient (Wildman–Crippen LogP) is 3.68. The van der Waals surface area contributed by atoms with Gasteiger partial charge in [0.2, 0.25) is 5.91 Å². The van der Waals surface area contributed by atoms with Gasteiger partial charge in [0.1, 0.15) is 18.2 Å². The van der Waals surface area contributed by atoms with E-state index in [-0.39, 0.29) is 5.91 Å². The molecule has 0 aliphatic rings. The Bertz CT molecular complexity index is 1370. The molecule has 11 nitrogen and oxygen atoms in total. The Morgan fingerprint density at radius 3 is 2.26 bits per heavy atom. The van der Waals surface area contributed by atoms with Gasteiger partial charge in [-0.2, -0.15) is 0 Å². The van der Waals surface area contributed by atoms with Gasteiger partial charge < -0.3 is 34.0 Å². The average Bonchev–Trinajstić information content (AvgIpc) is 3.31. The molecule has 3 N–H and O–H groups in total. The van der Waals surface area contributed by atoms with Crippen LogP contribution in [-0.2, 0) is 19.0 Å². The van der Waals surface area contributed by atoms with Gasteiger partial charge in [0.15, 0.2) is 5.58 Å². The maximum Gasteiger partial charge on any atom is 0.417 e. The number of benzene rings is 2. The summed E-state index contributed by atoms with van der Waals surface area (Å²) >= 11 is 0. The Labute approximate surface area is 225 Å². The molecular formula is C28H32N4O7. The van der Waals surface area contributed by atoms with Crippen molar-refractivity contribution in [2.24, 2.45) is 0 Å². The summed E-state index contributed by atoms with van der Waals surface area (Å²) in [4.78, 5) is 29.4. The minimum absolute atomic E-state index is 0.109. The van der Waals surface area contributed by atoms with Gasteiger partial charge >= 0.3 is 5.76 Å². The lowest BCUT2D eigenvalue weighted by Crippen LogP contribution is -2.15. The highest BCUT2D eigenvalue weighted by molar-refractivity contribution is 5.88. The molecule has 0 fully saturated rings.